The quantitative estimate of drug-likeness (QED) is 0.835. The van der Waals surface area contributed by atoms with Crippen molar-refractivity contribution in [2.24, 2.45) is 0 Å². The summed E-state index contributed by atoms with van der Waals surface area (Å²) in [6, 6.07) is 7.87. The summed E-state index contributed by atoms with van der Waals surface area (Å²) in [6.45, 7) is 1.20. The van der Waals surface area contributed by atoms with Crippen LogP contribution in [-0.4, -0.2) is 31.1 Å². The van der Waals surface area contributed by atoms with Crippen molar-refractivity contribution in [3.8, 4) is 0 Å². The SMILES string of the molecule is COCCN(Cc1cccs1)C(=O)c1cc(N)ccc1F. The van der Waals surface area contributed by atoms with Gasteiger partial charge in [-0.25, -0.2) is 4.39 Å². The van der Waals surface area contributed by atoms with Gasteiger partial charge < -0.3 is 15.4 Å². The summed E-state index contributed by atoms with van der Waals surface area (Å²) in [4.78, 5) is 15.1. The molecule has 0 saturated carbocycles. The average molecular weight is 308 g/mol. The molecule has 0 aliphatic heterocycles. The van der Waals surface area contributed by atoms with Crippen LogP contribution in [0.1, 0.15) is 15.2 Å². The van der Waals surface area contributed by atoms with Gasteiger partial charge in [-0.2, -0.15) is 0 Å². The third kappa shape index (κ3) is 4.03. The number of thiophene rings is 1. The van der Waals surface area contributed by atoms with E-state index in [0.717, 1.165) is 4.88 Å². The molecule has 21 heavy (non-hydrogen) atoms. The fourth-order valence-corrected chi connectivity index (χ4v) is 2.64. The maximum atomic E-state index is 13.8. The number of hydrogen-bond donors (Lipinski definition) is 1. The highest BCUT2D eigenvalue weighted by Gasteiger charge is 2.20. The Balaban J connectivity index is 2.22. The summed E-state index contributed by atoms with van der Waals surface area (Å²) in [5.41, 5.74) is 5.99. The lowest BCUT2D eigenvalue weighted by Gasteiger charge is -2.22. The number of hydrogen-bond acceptors (Lipinski definition) is 4. The average Bonchev–Trinajstić information content (AvgIpc) is 2.98. The number of nitrogens with zero attached hydrogens (tertiary/aromatic N) is 1. The van der Waals surface area contributed by atoms with E-state index >= 15 is 0 Å². The first-order valence-electron chi connectivity index (χ1n) is 6.47. The molecule has 0 unspecified atom stereocenters. The number of methoxy groups -OCH3 is 1. The van der Waals surface area contributed by atoms with Gasteiger partial charge in [0.25, 0.3) is 5.91 Å². The molecule has 0 atom stereocenters. The van der Waals surface area contributed by atoms with Crippen molar-refractivity contribution in [3.05, 3.63) is 52.0 Å². The van der Waals surface area contributed by atoms with Crippen molar-refractivity contribution in [3.63, 3.8) is 0 Å². The maximum absolute atomic E-state index is 13.8. The van der Waals surface area contributed by atoms with E-state index in [1.807, 2.05) is 17.5 Å². The maximum Gasteiger partial charge on any atom is 0.257 e. The van der Waals surface area contributed by atoms with Gasteiger partial charge in [-0.3, -0.25) is 4.79 Å². The van der Waals surface area contributed by atoms with Crippen molar-refractivity contribution < 1.29 is 13.9 Å². The van der Waals surface area contributed by atoms with Gasteiger partial charge in [0.2, 0.25) is 0 Å². The van der Waals surface area contributed by atoms with Gasteiger partial charge in [0.1, 0.15) is 5.82 Å². The second-order valence-corrected chi connectivity index (χ2v) is 5.57. The molecule has 2 N–H and O–H groups in total. The van der Waals surface area contributed by atoms with Crippen LogP contribution in [0, 0.1) is 5.82 Å². The van der Waals surface area contributed by atoms with Crippen LogP contribution < -0.4 is 5.73 Å². The zero-order chi connectivity index (χ0) is 15.2. The van der Waals surface area contributed by atoms with Gasteiger partial charge >= 0.3 is 0 Å². The minimum Gasteiger partial charge on any atom is -0.399 e. The number of benzene rings is 1. The second kappa shape index (κ2) is 7.19. The largest absolute Gasteiger partial charge is 0.399 e. The number of carbonyl (C=O) groups excluding carboxylic acids is 1. The predicted octanol–water partition coefficient (Wildman–Crippen LogP) is 2.76. The number of amides is 1. The molecule has 0 spiro atoms. The number of nitrogens with two attached hydrogens (primary N) is 1. The minimum atomic E-state index is -0.567. The van der Waals surface area contributed by atoms with Crippen LogP contribution in [0.2, 0.25) is 0 Å². The Morgan fingerprint density at radius 3 is 2.90 bits per heavy atom. The summed E-state index contributed by atoms with van der Waals surface area (Å²) in [5.74, 6) is -0.951. The lowest BCUT2D eigenvalue weighted by molar-refractivity contribution is 0.0678. The number of anilines is 1. The lowest BCUT2D eigenvalue weighted by Crippen LogP contribution is -2.33. The first-order chi connectivity index (χ1) is 10.1. The third-order valence-electron chi connectivity index (χ3n) is 3.00. The zero-order valence-corrected chi connectivity index (χ0v) is 12.5. The van der Waals surface area contributed by atoms with Gasteiger partial charge in [0.05, 0.1) is 18.7 Å². The van der Waals surface area contributed by atoms with Gasteiger partial charge in [-0.1, -0.05) is 6.07 Å². The highest BCUT2D eigenvalue weighted by molar-refractivity contribution is 7.09. The molecule has 2 aromatic rings. The first kappa shape index (κ1) is 15.5. The van der Waals surface area contributed by atoms with Crippen molar-refractivity contribution >= 4 is 22.9 Å². The highest BCUT2D eigenvalue weighted by Crippen LogP contribution is 2.18. The van der Waals surface area contributed by atoms with E-state index in [1.54, 1.807) is 23.3 Å². The molecule has 1 aromatic heterocycles. The molecule has 0 aliphatic carbocycles. The van der Waals surface area contributed by atoms with E-state index in [2.05, 4.69) is 0 Å². The van der Waals surface area contributed by atoms with Crippen LogP contribution in [0.3, 0.4) is 0 Å². The van der Waals surface area contributed by atoms with Crippen LogP contribution in [0.25, 0.3) is 0 Å². The number of nitrogen functional groups attached to an aromatic ring is 1. The Labute approximate surface area is 126 Å². The standard InChI is InChI=1S/C15H17FN2O2S/c1-20-7-6-18(10-12-3-2-8-21-12)15(19)13-9-11(17)4-5-14(13)16/h2-5,8-9H,6-7,10,17H2,1H3. The van der Waals surface area contributed by atoms with Crippen LogP contribution in [0.4, 0.5) is 10.1 Å². The van der Waals surface area contributed by atoms with E-state index in [9.17, 15) is 9.18 Å². The molecule has 1 amide bonds. The van der Waals surface area contributed by atoms with Gasteiger partial charge in [0, 0.05) is 24.2 Å². The monoisotopic (exact) mass is 308 g/mol. The Hall–Kier alpha value is -1.92. The smallest absolute Gasteiger partial charge is 0.257 e. The fraction of sp³-hybridized carbons (Fsp3) is 0.267. The van der Waals surface area contributed by atoms with Gasteiger partial charge in [-0.15, -0.1) is 11.3 Å². The van der Waals surface area contributed by atoms with Crippen LogP contribution in [0.5, 0.6) is 0 Å². The second-order valence-electron chi connectivity index (χ2n) is 4.54. The molecule has 6 heteroatoms. The fourth-order valence-electron chi connectivity index (χ4n) is 1.92. The van der Waals surface area contributed by atoms with E-state index < -0.39 is 5.82 Å². The molecule has 0 aliphatic rings. The molecule has 0 radical (unpaired) electrons. The Morgan fingerprint density at radius 2 is 2.24 bits per heavy atom. The molecular formula is C15H17FN2O2S. The zero-order valence-electron chi connectivity index (χ0n) is 11.7. The first-order valence-corrected chi connectivity index (χ1v) is 7.35. The number of rotatable bonds is 6. The van der Waals surface area contributed by atoms with Crippen molar-refractivity contribution in [1.82, 2.24) is 4.90 Å². The summed E-state index contributed by atoms with van der Waals surface area (Å²) < 4.78 is 18.9. The third-order valence-corrected chi connectivity index (χ3v) is 3.86. The summed E-state index contributed by atoms with van der Waals surface area (Å²) in [7, 11) is 1.56. The van der Waals surface area contributed by atoms with Crippen LogP contribution in [-0.2, 0) is 11.3 Å². The Kier molecular flexibility index (Phi) is 5.30. The van der Waals surface area contributed by atoms with E-state index in [0.29, 0.717) is 25.4 Å². The molecule has 1 aromatic carbocycles. The van der Waals surface area contributed by atoms with Crippen molar-refractivity contribution in [2.45, 2.75) is 6.54 Å². The summed E-state index contributed by atoms with van der Waals surface area (Å²) in [5, 5.41) is 1.94. The van der Waals surface area contributed by atoms with Gasteiger partial charge in [-0.05, 0) is 29.6 Å². The van der Waals surface area contributed by atoms with E-state index in [1.165, 1.54) is 18.2 Å². The molecule has 4 nitrogen and oxygen atoms in total. The Morgan fingerprint density at radius 1 is 1.43 bits per heavy atom. The number of ether oxygens (including phenoxy) is 1. The topological polar surface area (TPSA) is 55.6 Å². The van der Waals surface area contributed by atoms with Crippen LogP contribution in [0.15, 0.2) is 35.7 Å². The highest BCUT2D eigenvalue weighted by atomic mass is 32.1. The number of halogens is 1. The summed E-state index contributed by atoms with van der Waals surface area (Å²) >= 11 is 1.55. The lowest BCUT2D eigenvalue weighted by atomic mass is 10.1. The molecular weight excluding hydrogens is 291 g/mol. The minimum absolute atomic E-state index is 0.0114. The summed E-state index contributed by atoms with van der Waals surface area (Å²) in [6.07, 6.45) is 0. The molecule has 0 fully saturated rings. The van der Waals surface area contributed by atoms with Crippen molar-refractivity contribution in [1.29, 1.82) is 0 Å². The normalized spacial score (nSPS) is 10.6. The van der Waals surface area contributed by atoms with E-state index in [4.69, 9.17) is 10.5 Å². The number of carbonyl (C=O) groups is 1. The molecule has 0 bridgehead atoms. The molecule has 0 saturated heterocycles. The molecule has 112 valence electrons. The van der Waals surface area contributed by atoms with E-state index in [-0.39, 0.29) is 11.5 Å². The van der Waals surface area contributed by atoms with Gasteiger partial charge in [0.15, 0.2) is 0 Å². The Bertz CT molecular complexity index is 602. The van der Waals surface area contributed by atoms with Crippen molar-refractivity contribution in [2.75, 3.05) is 26.0 Å². The molecule has 2 rings (SSSR count). The molecule has 1 heterocycles. The van der Waals surface area contributed by atoms with Crippen LogP contribution >= 0.6 is 11.3 Å². The predicted molar refractivity (Wildman–Crippen MR) is 81.7 cm³/mol.